The average Bonchev–Trinajstić information content (AvgIpc) is 3.35. The molecule has 3 N–H and O–H groups in total. The van der Waals surface area contributed by atoms with Gasteiger partial charge in [-0.1, -0.05) is 30.3 Å². The van der Waals surface area contributed by atoms with Gasteiger partial charge >= 0.3 is 6.18 Å². The van der Waals surface area contributed by atoms with E-state index in [0.29, 0.717) is 0 Å². The van der Waals surface area contributed by atoms with Gasteiger partial charge in [-0.3, -0.25) is 4.79 Å². The maximum atomic E-state index is 13.0. The van der Waals surface area contributed by atoms with Crippen molar-refractivity contribution < 1.29 is 32.4 Å². The highest BCUT2D eigenvalue weighted by Crippen LogP contribution is 2.35. The number of aryl methyl sites for hydroxylation is 1. The number of carbonyl (C=O) groups excluding carboxylic acids is 2. The molecule has 2 aromatic carbocycles. The van der Waals surface area contributed by atoms with Gasteiger partial charge in [0.25, 0.3) is 5.91 Å². The van der Waals surface area contributed by atoms with E-state index in [-0.39, 0.29) is 5.91 Å². The zero-order valence-corrected chi connectivity index (χ0v) is 20.0. The van der Waals surface area contributed by atoms with Gasteiger partial charge in [-0.25, -0.2) is 4.57 Å². The number of nitrogens with two attached hydrogens (primary N) is 1. The quantitative estimate of drug-likeness (QED) is 0.237. The van der Waals surface area contributed by atoms with E-state index in [1.165, 1.54) is 0 Å². The first kappa shape index (κ1) is 27.1. The van der Waals surface area contributed by atoms with Gasteiger partial charge in [0.2, 0.25) is 0 Å². The zero-order chi connectivity index (χ0) is 27.0. The molecule has 0 saturated heterocycles. The number of nitrogens with zero attached hydrogens (tertiary/aromatic N) is 2. The van der Waals surface area contributed by atoms with Crippen LogP contribution in [0, 0.1) is 0 Å². The minimum absolute atomic E-state index is 0.0285. The van der Waals surface area contributed by atoms with E-state index in [4.69, 9.17) is 15.7 Å². The third kappa shape index (κ3) is 7.50. The Morgan fingerprint density at radius 2 is 1.70 bits per heavy atom. The molecule has 10 heteroatoms. The summed E-state index contributed by atoms with van der Waals surface area (Å²) in [6.45, 7) is 0. The summed E-state index contributed by atoms with van der Waals surface area (Å²) in [5, 5.41) is 15.4. The van der Waals surface area contributed by atoms with Gasteiger partial charge in [0.15, 0.2) is 12.4 Å². The maximum Gasteiger partial charge on any atom is 0.430 e. The number of nitrogens with one attached hydrogen (secondary N) is 1. The van der Waals surface area contributed by atoms with E-state index in [0.717, 1.165) is 58.3 Å². The lowest BCUT2D eigenvalue weighted by Gasteiger charge is -2.10. The van der Waals surface area contributed by atoms with Crippen molar-refractivity contribution in [3.8, 4) is 11.1 Å². The zero-order valence-electron chi connectivity index (χ0n) is 20.0. The highest BCUT2D eigenvalue weighted by Gasteiger charge is 2.28. The van der Waals surface area contributed by atoms with Crippen LogP contribution in [-0.2, 0) is 16.6 Å². The van der Waals surface area contributed by atoms with Crippen molar-refractivity contribution in [2.24, 2.45) is 18.0 Å². The fourth-order valence-corrected chi connectivity index (χ4v) is 3.92. The smallest absolute Gasteiger partial charge is 0.430 e. The molecule has 192 valence electrons. The molecule has 4 rings (SSSR count). The molecule has 3 aromatic rings. The number of allylic oxidation sites excluding steroid dienone is 1. The van der Waals surface area contributed by atoms with Crippen LogP contribution in [-0.4, -0.2) is 24.3 Å². The van der Waals surface area contributed by atoms with Gasteiger partial charge in [0.1, 0.15) is 13.0 Å². The number of hydrazone groups is 1. The molecule has 1 aromatic heterocycles. The standard InChI is InChI=1S/C25H24N4O.C2HF3O2/c1-29-14-4-7-21(17-29)19-10-12-22(13-11-19)28-25(30)24-9-3-8-23(24)20-6-2-5-18(15-20)16-27-26;3-2(4,5)1(6)7/h2,4-7,10-17H,3,8-9,26H2,1H3;(H,6,7). The van der Waals surface area contributed by atoms with E-state index in [9.17, 15) is 18.0 Å². The Hall–Kier alpha value is -4.47. The Balaban J connectivity index is 0.000000479. The van der Waals surface area contributed by atoms with Crippen molar-refractivity contribution in [1.82, 2.24) is 0 Å². The van der Waals surface area contributed by atoms with Gasteiger partial charge in [0.05, 0.1) is 6.21 Å². The van der Waals surface area contributed by atoms with Crippen molar-refractivity contribution in [1.29, 1.82) is 0 Å². The molecule has 7 nitrogen and oxygen atoms in total. The first-order valence-corrected chi connectivity index (χ1v) is 11.3. The summed E-state index contributed by atoms with van der Waals surface area (Å²) < 4.78 is 33.6. The molecule has 0 spiro atoms. The molecular weight excluding hydrogens is 485 g/mol. The molecule has 1 heterocycles. The Morgan fingerprint density at radius 1 is 1.03 bits per heavy atom. The van der Waals surface area contributed by atoms with Gasteiger partial charge in [-0.15, -0.1) is 0 Å². The number of rotatable bonds is 5. The van der Waals surface area contributed by atoms with Crippen molar-refractivity contribution >= 4 is 29.4 Å². The second-order valence-electron chi connectivity index (χ2n) is 8.29. The van der Waals surface area contributed by atoms with Crippen molar-refractivity contribution in [3.63, 3.8) is 0 Å². The summed E-state index contributed by atoms with van der Waals surface area (Å²) in [6, 6.07) is 20.0. The first-order valence-electron chi connectivity index (χ1n) is 11.3. The van der Waals surface area contributed by atoms with Crippen LogP contribution in [0.25, 0.3) is 16.7 Å². The lowest BCUT2D eigenvalue weighted by Crippen LogP contribution is -2.37. The SMILES string of the molecule is C[n+]1cccc(-c2ccc(NC(=O)C3=C(c4cccc(C=NN)c4)CCC3)cc2)c1.O=C([O-])C(F)(F)F. The number of carboxylic acid groups (broad SMARTS) is 1. The number of benzene rings is 2. The van der Waals surface area contributed by atoms with Crippen LogP contribution in [0.2, 0.25) is 0 Å². The van der Waals surface area contributed by atoms with Crippen LogP contribution in [0.1, 0.15) is 30.4 Å². The predicted molar refractivity (Wildman–Crippen MR) is 132 cm³/mol. The number of hydrogen-bond donors (Lipinski definition) is 2. The molecule has 37 heavy (non-hydrogen) atoms. The Morgan fingerprint density at radius 3 is 2.32 bits per heavy atom. The molecule has 0 atom stereocenters. The summed E-state index contributed by atoms with van der Waals surface area (Å²) in [5.41, 5.74) is 7.00. The largest absolute Gasteiger partial charge is 0.542 e. The molecule has 0 bridgehead atoms. The summed E-state index contributed by atoms with van der Waals surface area (Å²) in [5.74, 6) is 2.24. The number of aromatic nitrogens is 1. The monoisotopic (exact) mass is 510 g/mol. The van der Waals surface area contributed by atoms with Crippen molar-refractivity contribution in [2.45, 2.75) is 25.4 Å². The molecule has 0 unspecified atom stereocenters. The second-order valence-corrected chi connectivity index (χ2v) is 8.29. The van der Waals surface area contributed by atoms with Crippen molar-refractivity contribution in [2.75, 3.05) is 5.32 Å². The first-order chi connectivity index (χ1) is 17.6. The predicted octanol–water partition coefficient (Wildman–Crippen LogP) is 3.35. The van der Waals surface area contributed by atoms with Gasteiger partial charge in [-0.2, -0.15) is 18.3 Å². The van der Waals surface area contributed by atoms with E-state index >= 15 is 0 Å². The number of carbonyl (C=O) groups is 2. The van der Waals surface area contributed by atoms with Gasteiger partial charge in [0, 0.05) is 22.9 Å². The van der Waals surface area contributed by atoms with Crippen LogP contribution in [0.4, 0.5) is 18.9 Å². The normalized spacial score (nSPS) is 13.3. The third-order valence-electron chi connectivity index (χ3n) is 5.60. The number of halogens is 3. The van der Waals surface area contributed by atoms with Crippen LogP contribution in [0.5, 0.6) is 0 Å². The van der Waals surface area contributed by atoms with E-state index in [1.54, 1.807) is 6.21 Å². The molecular formula is C27H25F3N4O3. The molecule has 1 aliphatic carbocycles. The summed E-state index contributed by atoms with van der Waals surface area (Å²) in [6.07, 6.45) is 3.17. The summed E-state index contributed by atoms with van der Waals surface area (Å²) >= 11 is 0. The fourth-order valence-electron chi connectivity index (χ4n) is 3.92. The highest BCUT2D eigenvalue weighted by molar-refractivity contribution is 6.09. The maximum absolute atomic E-state index is 13.0. The Labute approximate surface area is 211 Å². The van der Waals surface area contributed by atoms with Crippen LogP contribution in [0.15, 0.2) is 83.7 Å². The molecule has 0 saturated carbocycles. The molecule has 1 amide bonds. The third-order valence-corrected chi connectivity index (χ3v) is 5.60. The molecule has 0 aliphatic heterocycles. The van der Waals surface area contributed by atoms with E-state index in [2.05, 4.69) is 22.7 Å². The molecule has 0 radical (unpaired) electrons. The van der Waals surface area contributed by atoms with Crippen LogP contribution >= 0.6 is 0 Å². The fraction of sp³-hybridized carbons (Fsp3) is 0.185. The Kier molecular flexibility index (Phi) is 8.78. The number of carboxylic acids is 1. The highest BCUT2D eigenvalue weighted by atomic mass is 19.4. The van der Waals surface area contributed by atoms with Gasteiger partial charge in [-0.05, 0) is 65.8 Å². The Bertz CT molecular complexity index is 1330. The molecule has 1 aliphatic rings. The average molecular weight is 511 g/mol. The van der Waals surface area contributed by atoms with Gasteiger partial charge < -0.3 is 21.1 Å². The number of amides is 1. The minimum atomic E-state index is -5.19. The van der Waals surface area contributed by atoms with Crippen LogP contribution in [0.3, 0.4) is 0 Å². The lowest BCUT2D eigenvalue weighted by molar-refractivity contribution is -0.671. The van der Waals surface area contributed by atoms with E-state index < -0.39 is 12.1 Å². The second kappa shape index (κ2) is 12.0. The number of anilines is 1. The summed E-state index contributed by atoms with van der Waals surface area (Å²) in [7, 11) is 2.00. The number of alkyl halides is 3. The number of aliphatic carboxylic acids is 1. The topological polar surface area (TPSA) is 111 Å². The minimum Gasteiger partial charge on any atom is -0.542 e. The van der Waals surface area contributed by atoms with Crippen molar-refractivity contribution in [3.05, 3.63) is 89.8 Å². The van der Waals surface area contributed by atoms with E-state index in [1.807, 2.05) is 72.4 Å². The van der Waals surface area contributed by atoms with Crippen LogP contribution < -0.4 is 20.8 Å². The number of hydrogen-bond acceptors (Lipinski definition) is 5. The lowest BCUT2D eigenvalue weighted by atomic mass is 9.99. The summed E-state index contributed by atoms with van der Waals surface area (Å²) in [4.78, 5) is 21.8. The molecule has 0 fully saturated rings. The number of pyridine rings is 1.